The van der Waals surface area contributed by atoms with Crippen molar-refractivity contribution in [1.29, 1.82) is 0 Å². The Morgan fingerprint density at radius 3 is 2.45 bits per heavy atom. The number of methoxy groups -OCH3 is 1. The molecule has 0 fully saturated rings. The molecule has 29 heavy (non-hydrogen) atoms. The minimum Gasteiger partial charge on any atom is -0.496 e. The molecular formula is C23H32N4O2. The molecule has 0 aliphatic heterocycles. The van der Waals surface area contributed by atoms with E-state index in [2.05, 4.69) is 27.9 Å². The van der Waals surface area contributed by atoms with Crippen LogP contribution in [0.15, 0.2) is 53.5 Å². The summed E-state index contributed by atoms with van der Waals surface area (Å²) in [6.45, 7) is 6.77. The fourth-order valence-electron chi connectivity index (χ4n) is 2.78. The number of aliphatic imine (C=N–C) groups is 1. The average Bonchev–Trinajstić information content (AvgIpc) is 2.76. The Morgan fingerprint density at radius 1 is 1.00 bits per heavy atom. The van der Waals surface area contributed by atoms with Crippen molar-refractivity contribution >= 4 is 11.9 Å². The van der Waals surface area contributed by atoms with Gasteiger partial charge in [0.2, 0.25) is 0 Å². The van der Waals surface area contributed by atoms with Crippen molar-refractivity contribution < 1.29 is 9.53 Å². The Morgan fingerprint density at radius 2 is 1.76 bits per heavy atom. The van der Waals surface area contributed by atoms with Crippen LogP contribution in [0.25, 0.3) is 0 Å². The highest BCUT2D eigenvalue weighted by molar-refractivity contribution is 5.94. The average molecular weight is 397 g/mol. The number of guanidine groups is 1. The van der Waals surface area contributed by atoms with Gasteiger partial charge >= 0.3 is 0 Å². The molecular weight excluding hydrogens is 364 g/mol. The second-order valence-electron chi connectivity index (χ2n) is 6.67. The topological polar surface area (TPSA) is 74.8 Å². The number of carbonyl (C=O) groups is 1. The van der Waals surface area contributed by atoms with Crippen molar-refractivity contribution in [3.63, 3.8) is 0 Å². The number of hydrogen-bond donors (Lipinski definition) is 3. The molecule has 0 aliphatic carbocycles. The molecule has 0 spiro atoms. The van der Waals surface area contributed by atoms with Crippen molar-refractivity contribution in [2.24, 2.45) is 4.99 Å². The summed E-state index contributed by atoms with van der Waals surface area (Å²) >= 11 is 0. The third-order valence-corrected chi connectivity index (χ3v) is 4.43. The molecule has 0 heterocycles. The molecule has 0 aromatic heterocycles. The fourth-order valence-corrected chi connectivity index (χ4v) is 2.78. The van der Waals surface area contributed by atoms with Crippen LogP contribution in [0.3, 0.4) is 0 Å². The summed E-state index contributed by atoms with van der Waals surface area (Å²) < 4.78 is 5.40. The van der Waals surface area contributed by atoms with Gasteiger partial charge in [-0.15, -0.1) is 0 Å². The Kier molecular flexibility index (Phi) is 9.55. The highest BCUT2D eigenvalue weighted by Crippen LogP contribution is 2.16. The Labute approximate surface area is 173 Å². The number of nitrogens with one attached hydrogen (secondary N) is 3. The van der Waals surface area contributed by atoms with Crippen molar-refractivity contribution in [3.05, 3.63) is 65.2 Å². The molecule has 0 unspecified atom stereocenters. The van der Waals surface area contributed by atoms with Crippen LogP contribution in [-0.4, -0.2) is 32.1 Å². The predicted molar refractivity (Wildman–Crippen MR) is 118 cm³/mol. The smallest absolute Gasteiger partial charge is 0.251 e. The van der Waals surface area contributed by atoms with Crippen LogP contribution in [-0.2, 0) is 13.1 Å². The van der Waals surface area contributed by atoms with Gasteiger partial charge in [0, 0.05) is 30.8 Å². The zero-order chi connectivity index (χ0) is 20.9. The number of benzene rings is 2. The van der Waals surface area contributed by atoms with Crippen molar-refractivity contribution in [2.45, 2.75) is 39.8 Å². The van der Waals surface area contributed by atoms with Gasteiger partial charge in [-0.05, 0) is 37.1 Å². The van der Waals surface area contributed by atoms with E-state index < -0.39 is 0 Å². The van der Waals surface area contributed by atoms with Crippen LogP contribution in [0.4, 0.5) is 0 Å². The first-order valence-corrected chi connectivity index (χ1v) is 10.2. The van der Waals surface area contributed by atoms with E-state index in [1.54, 1.807) is 7.11 Å². The Balaban J connectivity index is 1.94. The lowest BCUT2D eigenvalue weighted by Gasteiger charge is -2.13. The monoisotopic (exact) mass is 396 g/mol. The zero-order valence-electron chi connectivity index (χ0n) is 17.6. The second kappa shape index (κ2) is 12.4. The van der Waals surface area contributed by atoms with Crippen LogP contribution >= 0.6 is 0 Å². The van der Waals surface area contributed by atoms with Gasteiger partial charge in [0.15, 0.2) is 5.96 Å². The standard InChI is InChI=1S/C23H32N4O2/c1-4-6-15-25-22(28)19-13-11-18(12-14-19)16-26-23(24-5-2)27-17-20-9-7-8-10-21(20)29-3/h7-14H,4-6,15-17H2,1-3H3,(H,25,28)(H2,24,26,27). The number of amides is 1. The van der Waals surface area contributed by atoms with E-state index in [0.717, 1.165) is 42.2 Å². The number of ether oxygens (including phenoxy) is 1. The van der Waals surface area contributed by atoms with Gasteiger partial charge < -0.3 is 20.7 Å². The number of unbranched alkanes of at least 4 members (excludes halogenated alkanes) is 1. The molecule has 0 saturated heterocycles. The van der Waals surface area contributed by atoms with Crippen LogP contribution in [0, 0.1) is 0 Å². The highest BCUT2D eigenvalue weighted by Gasteiger charge is 2.05. The third kappa shape index (κ3) is 7.49. The number of para-hydroxylation sites is 1. The number of rotatable bonds is 10. The van der Waals surface area contributed by atoms with Crippen molar-refractivity contribution in [1.82, 2.24) is 16.0 Å². The van der Waals surface area contributed by atoms with E-state index in [1.165, 1.54) is 0 Å². The first-order chi connectivity index (χ1) is 14.2. The minimum absolute atomic E-state index is 0.0275. The van der Waals surface area contributed by atoms with Gasteiger partial charge in [-0.2, -0.15) is 0 Å². The molecule has 0 radical (unpaired) electrons. The quantitative estimate of drug-likeness (QED) is 0.327. The molecule has 6 heteroatoms. The maximum absolute atomic E-state index is 12.1. The van der Waals surface area contributed by atoms with Crippen molar-refractivity contribution in [2.75, 3.05) is 20.2 Å². The zero-order valence-corrected chi connectivity index (χ0v) is 17.6. The largest absolute Gasteiger partial charge is 0.496 e. The molecule has 3 N–H and O–H groups in total. The molecule has 0 atom stereocenters. The second-order valence-corrected chi connectivity index (χ2v) is 6.67. The molecule has 0 aliphatic rings. The van der Waals surface area contributed by atoms with Gasteiger partial charge in [-0.25, -0.2) is 4.99 Å². The van der Waals surface area contributed by atoms with E-state index in [9.17, 15) is 4.79 Å². The van der Waals surface area contributed by atoms with Crippen LogP contribution in [0.1, 0.15) is 48.2 Å². The molecule has 6 nitrogen and oxygen atoms in total. The van der Waals surface area contributed by atoms with Crippen LogP contribution in [0.2, 0.25) is 0 Å². The van der Waals surface area contributed by atoms with Gasteiger partial charge in [0.1, 0.15) is 5.75 Å². The van der Waals surface area contributed by atoms with Crippen LogP contribution < -0.4 is 20.7 Å². The Hall–Kier alpha value is -3.02. The highest BCUT2D eigenvalue weighted by atomic mass is 16.5. The molecule has 2 aromatic carbocycles. The normalized spacial score (nSPS) is 11.1. The summed E-state index contributed by atoms with van der Waals surface area (Å²) in [4.78, 5) is 16.7. The lowest BCUT2D eigenvalue weighted by atomic mass is 10.1. The summed E-state index contributed by atoms with van der Waals surface area (Å²) in [5, 5.41) is 9.52. The van der Waals surface area contributed by atoms with Gasteiger partial charge in [-0.1, -0.05) is 43.7 Å². The van der Waals surface area contributed by atoms with E-state index in [0.29, 0.717) is 25.2 Å². The lowest BCUT2D eigenvalue weighted by Crippen LogP contribution is -2.36. The summed E-state index contributed by atoms with van der Waals surface area (Å²) in [6.07, 6.45) is 2.06. The summed E-state index contributed by atoms with van der Waals surface area (Å²) in [7, 11) is 1.67. The van der Waals surface area contributed by atoms with Crippen molar-refractivity contribution in [3.8, 4) is 5.75 Å². The maximum Gasteiger partial charge on any atom is 0.251 e. The molecule has 0 saturated carbocycles. The molecule has 1 amide bonds. The van der Waals surface area contributed by atoms with E-state index in [1.807, 2.05) is 55.5 Å². The van der Waals surface area contributed by atoms with Gasteiger partial charge in [0.05, 0.1) is 13.7 Å². The lowest BCUT2D eigenvalue weighted by molar-refractivity contribution is 0.0953. The number of carbonyl (C=O) groups excluding carboxylic acids is 1. The molecule has 2 rings (SSSR count). The third-order valence-electron chi connectivity index (χ3n) is 4.43. The first kappa shape index (κ1) is 22.3. The summed E-state index contributed by atoms with van der Waals surface area (Å²) in [6, 6.07) is 15.5. The molecule has 2 aromatic rings. The predicted octanol–water partition coefficient (Wildman–Crippen LogP) is 3.48. The summed E-state index contributed by atoms with van der Waals surface area (Å²) in [5.41, 5.74) is 2.79. The maximum atomic E-state index is 12.1. The van der Waals surface area contributed by atoms with E-state index >= 15 is 0 Å². The SMILES string of the molecule is CCCCNC(=O)c1ccc(CN=C(NCC)NCc2ccccc2OC)cc1. The van der Waals surface area contributed by atoms with Gasteiger partial charge in [-0.3, -0.25) is 4.79 Å². The van der Waals surface area contributed by atoms with E-state index in [-0.39, 0.29) is 5.91 Å². The van der Waals surface area contributed by atoms with E-state index in [4.69, 9.17) is 4.74 Å². The van der Waals surface area contributed by atoms with Crippen LogP contribution in [0.5, 0.6) is 5.75 Å². The summed E-state index contributed by atoms with van der Waals surface area (Å²) in [5.74, 6) is 1.56. The number of nitrogens with zero attached hydrogens (tertiary/aromatic N) is 1. The minimum atomic E-state index is -0.0275. The number of hydrogen-bond acceptors (Lipinski definition) is 3. The van der Waals surface area contributed by atoms with Gasteiger partial charge in [0.25, 0.3) is 5.91 Å². The molecule has 0 bridgehead atoms. The molecule has 156 valence electrons. The fraction of sp³-hybridized carbons (Fsp3) is 0.391. The Bertz CT molecular complexity index is 788. The first-order valence-electron chi connectivity index (χ1n) is 10.2.